The van der Waals surface area contributed by atoms with Crippen molar-refractivity contribution in [2.24, 2.45) is 0 Å². The summed E-state index contributed by atoms with van der Waals surface area (Å²) in [5.74, 6) is 0.589. The fraction of sp³-hybridized carbons (Fsp3) is 0.370. The third kappa shape index (κ3) is 5.23. The summed E-state index contributed by atoms with van der Waals surface area (Å²) in [6.07, 6.45) is 5.90. The number of carbonyl (C=O) groups excluding carboxylic acids is 1. The van der Waals surface area contributed by atoms with Gasteiger partial charge >= 0.3 is 0 Å². The van der Waals surface area contributed by atoms with Gasteiger partial charge in [-0.1, -0.05) is 29.8 Å². The molecule has 3 heterocycles. The van der Waals surface area contributed by atoms with Gasteiger partial charge < -0.3 is 24.4 Å². The minimum atomic E-state index is -0.685. The third-order valence-electron chi connectivity index (χ3n) is 6.90. The molecule has 0 aliphatic carbocycles. The van der Waals surface area contributed by atoms with Crippen molar-refractivity contribution in [1.29, 1.82) is 0 Å². The van der Waals surface area contributed by atoms with Gasteiger partial charge in [-0.3, -0.25) is 4.79 Å². The van der Waals surface area contributed by atoms with E-state index in [-0.39, 0.29) is 46.6 Å². The van der Waals surface area contributed by atoms with E-state index >= 15 is 0 Å². The Kier molecular flexibility index (Phi) is 7.88. The lowest BCUT2D eigenvalue weighted by Gasteiger charge is -2.38. The van der Waals surface area contributed by atoms with Crippen LogP contribution in [0.4, 0.5) is 15.9 Å². The van der Waals surface area contributed by atoms with Crippen molar-refractivity contribution >= 4 is 51.5 Å². The molecule has 3 atom stereocenters. The quantitative estimate of drug-likeness (QED) is 0.143. The summed E-state index contributed by atoms with van der Waals surface area (Å²) in [7, 11) is 0. The Morgan fingerprint density at radius 3 is 2.68 bits per heavy atom. The highest BCUT2D eigenvalue weighted by Gasteiger charge is 2.43. The molecule has 200 valence electrons. The second-order valence-corrected chi connectivity index (χ2v) is 9.97. The molecule has 3 aromatic rings. The first-order chi connectivity index (χ1) is 18.4. The molecule has 2 aliphatic heterocycles. The number of nitrogens with zero attached hydrogens (tertiary/aromatic N) is 3. The number of piperidine rings is 1. The van der Waals surface area contributed by atoms with E-state index in [0.717, 1.165) is 12.8 Å². The summed E-state index contributed by atoms with van der Waals surface area (Å²) >= 11 is 11.9. The predicted molar refractivity (Wildman–Crippen MR) is 144 cm³/mol. The van der Waals surface area contributed by atoms with Crippen LogP contribution in [0.3, 0.4) is 0 Å². The number of hydrogen-bond acceptors (Lipinski definition) is 7. The Balaban J connectivity index is 1.47. The van der Waals surface area contributed by atoms with Crippen LogP contribution in [-0.2, 0) is 9.53 Å². The number of halogens is 3. The molecule has 0 spiro atoms. The van der Waals surface area contributed by atoms with E-state index in [0.29, 0.717) is 47.7 Å². The Bertz CT molecular complexity index is 1360. The van der Waals surface area contributed by atoms with Crippen molar-refractivity contribution in [2.45, 2.75) is 50.8 Å². The first-order valence-corrected chi connectivity index (χ1v) is 13.2. The van der Waals surface area contributed by atoms with Gasteiger partial charge in [-0.25, -0.2) is 14.4 Å². The van der Waals surface area contributed by atoms with E-state index in [4.69, 9.17) is 37.4 Å². The van der Waals surface area contributed by atoms with Gasteiger partial charge in [0.2, 0.25) is 5.91 Å². The van der Waals surface area contributed by atoms with Crippen molar-refractivity contribution in [3.05, 3.63) is 59.1 Å². The number of hydrogen-bond donors (Lipinski definition) is 1. The average Bonchev–Trinajstić information content (AvgIpc) is 3.19. The largest absolute Gasteiger partial charge is 0.486 e. The summed E-state index contributed by atoms with van der Waals surface area (Å²) in [5.41, 5.74) is 0.683. The highest BCUT2D eigenvalue weighted by molar-refractivity contribution is 6.42. The maximum absolute atomic E-state index is 14.8. The Morgan fingerprint density at radius 1 is 1.21 bits per heavy atom. The smallest absolute Gasteiger partial charge is 0.246 e. The van der Waals surface area contributed by atoms with Crippen LogP contribution in [-0.4, -0.2) is 52.4 Å². The Morgan fingerprint density at radius 2 is 1.97 bits per heavy atom. The molecule has 1 aromatic heterocycles. The minimum absolute atomic E-state index is 0.0372. The van der Waals surface area contributed by atoms with E-state index in [1.165, 1.54) is 24.5 Å². The van der Waals surface area contributed by atoms with Crippen LogP contribution in [0.1, 0.15) is 32.6 Å². The molecule has 2 aromatic carbocycles. The third-order valence-corrected chi connectivity index (χ3v) is 7.68. The zero-order chi connectivity index (χ0) is 26.8. The Hall–Kier alpha value is -3.14. The lowest BCUT2D eigenvalue weighted by atomic mass is 9.99. The topological polar surface area (TPSA) is 85.8 Å². The molecule has 5 rings (SSSR count). The molecule has 2 aliphatic rings. The van der Waals surface area contributed by atoms with Crippen molar-refractivity contribution in [2.75, 3.05) is 18.7 Å². The molecule has 8 nitrogen and oxygen atoms in total. The SMILES string of the molecule is C=CC(=O)N1[C@@H]2CC[C@H]1C[C@H](Oc1cc3c(Nc4ccc(Cl)c(Cl)c4F)ncnc3cc1OCOCC)C2. The van der Waals surface area contributed by atoms with Gasteiger partial charge in [0, 0.05) is 43.0 Å². The average molecular weight is 561 g/mol. The number of benzene rings is 2. The zero-order valence-electron chi connectivity index (χ0n) is 20.8. The standard InChI is InChI=1S/C27H27Cl2FN4O4/c1-3-24(35)34-15-5-6-16(34)10-17(9-15)38-23-11-18-21(12-22(23)37-14-36-4-2)31-13-32-27(18)33-20-8-7-19(28)25(29)26(20)30/h3,7-8,11-13,15-17H,1,4-6,9-10,14H2,2H3,(H,31,32,33)/t15-,16+,17-. The van der Waals surface area contributed by atoms with Crippen LogP contribution in [0.25, 0.3) is 10.9 Å². The molecular weight excluding hydrogens is 534 g/mol. The molecule has 2 saturated heterocycles. The number of nitrogens with one attached hydrogen (secondary N) is 1. The first-order valence-electron chi connectivity index (χ1n) is 12.4. The maximum atomic E-state index is 14.8. The highest BCUT2D eigenvalue weighted by atomic mass is 35.5. The van der Waals surface area contributed by atoms with Gasteiger partial charge in [0.25, 0.3) is 0 Å². The lowest BCUT2D eigenvalue weighted by Crippen LogP contribution is -2.48. The molecule has 2 fully saturated rings. The molecule has 38 heavy (non-hydrogen) atoms. The molecule has 11 heteroatoms. The van der Waals surface area contributed by atoms with E-state index < -0.39 is 5.82 Å². The fourth-order valence-corrected chi connectivity index (χ4v) is 5.49. The number of aromatic nitrogens is 2. The van der Waals surface area contributed by atoms with Crippen LogP contribution >= 0.6 is 23.2 Å². The van der Waals surface area contributed by atoms with Crippen LogP contribution in [0, 0.1) is 5.82 Å². The van der Waals surface area contributed by atoms with Crippen LogP contribution in [0.15, 0.2) is 43.2 Å². The number of carbonyl (C=O) groups is 1. The van der Waals surface area contributed by atoms with E-state index in [1.54, 1.807) is 12.1 Å². The summed E-state index contributed by atoms with van der Waals surface area (Å²) in [6.45, 7) is 6.06. The van der Waals surface area contributed by atoms with Gasteiger partial charge in [-0.05, 0) is 44.0 Å². The second kappa shape index (κ2) is 11.3. The summed E-state index contributed by atoms with van der Waals surface area (Å²) < 4.78 is 32.5. The maximum Gasteiger partial charge on any atom is 0.246 e. The number of ether oxygens (including phenoxy) is 3. The normalized spacial score (nSPS) is 20.4. The summed E-state index contributed by atoms with van der Waals surface area (Å²) in [5, 5.41) is 3.52. The monoisotopic (exact) mass is 560 g/mol. The first kappa shape index (κ1) is 26.5. The van der Waals surface area contributed by atoms with Crippen molar-refractivity contribution in [1.82, 2.24) is 14.9 Å². The fourth-order valence-electron chi connectivity index (χ4n) is 5.18. The molecule has 0 radical (unpaired) electrons. The summed E-state index contributed by atoms with van der Waals surface area (Å²) in [4.78, 5) is 23.0. The summed E-state index contributed by atoms with van der Waals surface area (Å²) in [6, 6.07) is 6.73. The van der Waals surface area contributed by atoms with Crippen LogP contribution in [0.5, 0.6) is 11.5 Å². The van der Waals surface area contributed by atoms with E-state index in [1.807, 2.05) is 11.8 Å². The van der Waals surface area contributed by atoms with Crippen molar-refractivity contribution < 1.29 is 23.4 Å². The zero-order valence-corrected chi connectivity index (χ0v) is 22.3. The van der Waals surface area contributed by atoms with Gasteiger partial charge in [0.1, 0.15) is 18.2 Å². The second-order valence-electron chi connectivity index (χ2n) is 9.19. The highest BCUT2D eigenvalue weighted by Crippen LogP contribution is 2.41. The predicted octanol–water partition coefficient (Wildman–Crippen LogP) is 6.28. The molecular formula is C27H27Cl2FN4O4. The minimum Gasteiger partial charge on any atom is -0.486 e. The molecule has 1 N–H and O–H groups in total. The molecule has 0 saturated carbocycles. The van der Waals surface area contributed by atoms with Crippen molar-refractivity contribution in [3.8, 4) is 11.5 Å². The number of anilines is 2. The molecule has 1 amide bonds. The Labute approximate surface area is 229 Å². The van der Waals surface area contributed by atoms with E-state index in [2.05, 4.69) is 21.9 Å². The molecule has 0 unspecified atom stereocenters. The van der Waals surface area contributed by atoms with Crippen LogP contribution in [0.2, 0.25) is 10.0 Å². The van der Waals surface area contributed by atoms with E-state index in [9.17, 15) is 9.18 Å². The number of fused-ring (bicyclic) bond motifs is 3. The van der Waals surface area contributed by atoms with Gasteiger partial charge in [-0.2, -0.15) is 0 Å². The van der Waals surface area contributed by atoms with Crippen molar-refractivity contribution in [3.63, 3.8) is 0 Å². The number of amides is 1. The molecule has 2 bridgehead atoms. The van der Waals surface area contributed by atoms with Gasteiger partial charge in [-0.15, -0.1) is 0 Å². The van der Waals surface area contributed by atoms with Gasteiger partial charge in [0.05, 0.1) is 21.2 Å². The number of rotatable bonds is 9. The van der Waals surface area contributed by atoms with Gasteiger partial charge in [0.15, 0.2) is 24.1 Å². The lowest BCUT2D eigenvalue weighted by molar-refractivity contribution is -0.131. The van der Waals surface area contributed by atoms with Crippen LogP contribution < -0.4 is 14.8 Å².